The number of benzene rings is 1. The summed E-state index contributed by atoms with van der Waals surface area (Å²) in [5.41, 5.74) is 4.20. The van der Waals surface area contributed by atoms with E-state index >= 15 is 0 Å². The van der Waals surface area contributed by atoms with Crippen molar-refractivity contribution in [1.82, 2.24) is 0 Å². The first-order valence-corrected chi connectivity index (χ1v) is 7.20. The van der Waals surface area contributed by atoms with Gasteiger partial charge < -0.3 is 9.47 Å². The predicted octanol–water partition coefficient (Wildman–Crippen LogP) is 3.31. The van der Waals surface area contributed by atoms with Gasteiger partial charge in [-0.15, -0.1) is 0 Å². The van der Waals surface area contributed by atoms with E-state index in [0.29, 0.717) is 18.8 Å². The molecule has 0 aliphatic carbocycles. The van der Waals surface area contributed by atoms with E-state index in [1.807, 2.05) is 6.92 Å². The van der Waals surface area contributed by atoms with E-state index in [0.717, 1.165) is 37.0 Å². The second kappa shape index (κ2) is 6.09. The van der Waals surface area contributed by atoms with Crippen molar-refractivity contribution in [2.45, 2.75) is 46.5 Å². The van der Waals surface area contributed by atoms with Gasteiger partial charge in [0.25, 0.3) is 0 Å². The Morgan fingerprint density at radius 1 is 1.26 bits per heavy atom. The summed E-state index contributed by atoms with van der Waals surface area (Å²) < 4.78 is 11.0. The van der Waals surface area contributed by atoms with Crippen LogP contribution in [0, 0.1) is 0 Å². The lowest BCUT2D eigenvalue weighted by molar-refractivity contribution is 0.0519. The minimum absolute atomic E-state index is 0.250. The minimum Gasteiger partial charge on any atom is -0.492 e. The van der Waals surface area contributed by atoms with E-state index < -0.39 is 0 Å². The van der Waals surface area contributed by atoms with Crippen molar-refractivity contribution in [2.24, 2.45) is 0 Å². The van der Waals surface area contributed by atoms with Crippen LogP contribution < -0.4 is 4.74 Å². The Morgan fingerprint density at radius 3 is 2.63 bits per heavy atom. The molecule has 0 atom stereocenters. The third kappa shape index (κ3) is 2.60. The van der Waals surface area contributed by atoms with Crippen molar-refractivity contribution in [1.29, 1.82) is 0 Å². The highest BCUT2D eigenvalue weighted by Crippen LogP contribution is 2.35. The van der Waals surface area contributed by atoms with Gasteiger partial charge in [0, 0.05) is 0 Å². The lowest BCUT2D eigenvalue weighted by Crippen LogP contribution is -2.18. The first kappa shape index (κ1) is 13.9. The maximum absolute atomic E-state index is 12.2. The van der Waals surface area contributed by atoms with Crippen LogP contribution in [-0.2, 0) is 24.0 Å². The maximum Gasteiger partial charge on any atom is 0.342 e. The largest absolute Gasteiger partial charge is 0.492 e. The highest BCUT2D eigenvalue weighted by molar-refractivity contribution is 5.95. The van der Waals surface area contributed by atoms with Gasteiger partial charge in [0.15, 0.2) is 0 Å². The van der Waals surface area contributed by atoms with Crippen molar-refractivity contribution >= 4 is 5.97 Å². The van der Waals surface area contributed by atoms with Crippen molar-refractivity contribution in [3.05, 3.63) is 28.3 Å². The zero-order valence-electron chi connectivity index (χ0n) is 12.0. The van der Waals surface area contributed by atoms with Gasteiger partial charge in [0.05, 0.1) is 13.2 Å². The fourth-order valence-electron chi connectivity index (χ4n) is 2.69. The highest BCUT2D eigenvalue weighted by Gasteiger charge is 2.25. The van der Waals surface area contributed by atoms with E-state index in [9.17, 15) is 4.79 Å². The number of carbonyl (C=O) groups is 1. The molecule has 0 aromatic heterocycles. The fourth-order valence-corrected chi connectivity index (χ4v) is 2.69. The van der Waals surface area contributed by atoms with E-state index in [1.54, 1.807) is 0 Å². The van der Waals surface area contributed by atoms with E-state index in [-0.39, 0.29) is 5.97 Å². The van der Waals surface area contributed by atoms with Crippen LogP contribution in [-0.4, -0.2) is 19.2 Å². The molecule has 0 saturated carbocycles. The predicted molar refractivity (Wildman–Crippen MR) is 75.0 cm³/mol. The van der Waals surface area contributed by atoms with Gasteiger partial charge in [-0.05, 0) is 49.3 Å². The fraction of sp³-hybridized carbons (Fsp3) is 0.562. The standard InChI is InChI=1S/C16H22O3/c1-4-11-10-12(5-2)14(16(17)18-6-3)15-13(11)8-7-9-19-15/h10H,4-9H2,1-3H3. The van der Waals surface area contributed by atoms with Crippen LogP contribution in [0.25, 0.3) is 0 Å². The third-order valence-electron chi connectivity index (χ3n) is 3.62. The Morgan fingerprint density at radius 2 is 2.00 bits per heavy atom. The van der Waals surface area contributed by atoms with Crippen molar-refractivity contribution in [2.75, 3.05) is 13.2 Å². The molecule has 3 nitrogen and oxygen atoms in total. The van der Waals surface area contributed by atoms with Crippen LogP contribution in [0.2, 0.25) is 0 Å². The molecule has 0 fully saturated rings. The highest BCUT2D eigenvalue weighted by atomic mass is 16.5. The average molecular weight is 262 g/mol. The zero-order valence-corrected chi connectivity index (χ0v) is 12.0. The third-order valence-corrected chi connectivity index (χ3v) is 3.62. The molecular formula is C16H22O3. The molecule has 0 bridgehead atoms. The normalized spacial score (nSPS) is 13.6. The molecule has 104 valence electrons. The summed E-state index contributed by atoms with van der Waals surface area (Å²) in [5, 5.41) is 0. The van der Waals surface area contributed by atoms with Crippen LogP contribution in [0.3, 0.4) is 0 Å². The number of fused-ring (bicyclic) bond motifs is 1. The number of aryl methyl sites for hydroxylation is 2. The van der Waals surface area contributed by atoms with E-state index in [1.165, 1.54) is 11.1 Å². The van der Waals surface area contributed by atoms with Crippen molar-refractivity contribution in [3.8, 4) is 5.75 Å². The van der Waals surface area contributed by atoms with Gasteiger partial charge in [-0.3, -0.25) is 0 Å². The van der Waals surface area contributed by atoms with E-state index in [2.05, 4.69) is 19.9 Å². The second-order valence-corrected chi connectivity index (χ2v) is 4.76. The van der Waals surface area contributed by atoms with Gasteiger partial charge in [-0.1, -0.05) is 19.9 Å². The summed E-state index contributed by atoms with van der Waals surface area (Å²) in [5.74, 6) is 0.529. The molecular weight excluding hydrogens is 240 g/mol. The van der Waals surface area contributed by atoms with Crippen LogP contribution in [0.4, 0.5) is 0 Å². The van der Waals surface area contributed by atoms with Gasteiger partial charge in [0.2, 0.25) is 0 Å². The topological polar surface area (TPSA) is 35.5 Å². The summed E-state index contributed by atoms with van der Waals surface area (Å²) in [4.78, 5) is 12.2. The Hall–Kier alpha value is -1.51. The van der Waals surface area contributed by atoms with Gasteiger partial charge in [0.1, 0.15) is 11.3 Å². The molecule has 0 amide bonds. The first-order valence-electron chi connectivity index (χ1n) is 7.20. The van der Waals surface area contributed by atoms with Crippen molar-refractivity contribution < 1.29 is 14.3 Å². The van der Waals surface area contributed by atoms with Crippen LogP contribution in [0.1, 0.15) is 54.2 Å². The molecule has 1 aromatic carbocycles. The average Bonchev–Trinajstić information content (AvgIpc) is 2.45. The summed E-state index contributed by atoms with van der Waals surface area (Å²) in [6.45, 7) is 7.12. The second-order valence-electron chi connectivity index (χ2n) is 4.76. The summed E-state index contributed by atoms with van der Waals surface area (Å²) in [6.07, 6.45) is 3.81. The number of carbonyl (C=O) groups excluding carboxylic acids is 1. The Balaban J connectivity index is 2.59. The van der Waals surface area contributed by atoms with Gasteiger partial charge >= 0.3 is 5.97 Å². The van der Waals surface area contributed by atoms with Gasteiger partial charge in [-0.2, -0.15) is 0 Å². The quantitative estimate of drug-likeness (QED) is 0.781. The molecule has 0 radical (unpaired) electrons. The molecule has 0 spiro atoms. The maximum atomic E-state index is 12.2. The Kier molecular flexibility index (Phi) is 4.46. The molecule has 1 aliphatic rings. The first-order chi connectivity index (χ1) is 9.22. The summed E-state index contributed by atoms with van der Waals surface area (Å²) in [7, 11) is 0. The molecule has 1 heterocycles. The zero-order chi connectivity index (χ0) is 13.8. The lowest BCUT2D eigenvalue weighted by Gasteiger charge is -2.24. The molecule has 0 unspecified atom stereocenters. The summed E-state index contributed by atoms with van der Waals surface area (Å²) in [6, 6.07) is 2.15. The van der Waals surface area contributed by atoms with E-state index in [4.69, 9.17) is 9.47 Å². The number of esters is 1. The number of rotatable bonds is 4. The van der Waals surface area contributed by atoms with Gasteiger partial charge in [-0.25, -0.2) is 4.79 Å². The smallest absolute Gasteiger partial charge is 0.342 e. The Labute approximate surface area is 114 Å². The molecule has 0 N–H and O–H groups in total. The monoisotopic (exact) mass is 262 g/mol. The molecule has 0 saturated heterocycles. The molecule has 19 heavy (non-hydrogen) atoms. The number of hydrogen-bond donors (Lipinski definition) is 0. The molecule has 1 aromatic rings. The summed E-state index contributed by atoms with van der Waals surface area (Å²) >= 11 is 0. The number of ether oxygens (including phenoxy) is 2. The Bertz CT molecular complexity index is 477. The van der Waals surface area contributed by atoms with Crippen molar-refractivity contribution in [3.63, 3.8) is 0 Å². The number of hydrogen-bond acceptors (Lipinski definition) is 3. The SMILES string of the molecule is CCOC(=O)c1c(CC)cc(CC)c2c1OCCC2. The van der Waals surface area contributed by atoms with Crippen LogP contribution in [0.5, 0.6) is 5.75 Å². The molecule has 1 aliphatic heterocycles. The molecule has 2 rings (SSSR count). The minimum atomic E-state index is -0.250. The molecule has 3 heteroatoms. The van der Waals surface area contributed by atoms with Crippen LogP contribution in [0.15, 0.2) is 6.07 Å². The van der Waals surface area contributed by atoms with Crippen LogP contribution >= 0.6 is 0 Å². The lowest BCUT2D eigenvalue weighted by atomic mass is 9.90.